The van der Waals surface area contributed by atoms with E-state index in [9.17, 15) is 19.8 Å². The van der Waals surface area contributed by atoms with Gasteiger partial charge in [-0.15, -0.1) is 0 Å². The Morgan fingerprint density at radius 3 is 2.83 bits per heavy atom. The van der Waals surface area contributed by atoms with Gasteiger partial charge >= 0.3 is 0 Å². The van der Waals surface area contributed by atoms with E-state index in [2.05, 4.69) is 5.32 Å². The summed E-state index contributed by atoms with van der Waals surface area (Å²) < 4.78 is 0. The van der Waals surface area contributed by atoms with Crippen molar-refractivity contribution in [1.29, 1.82) is 0 Å². The van der Waals surface area contributed by atoms with Gasteiger partial charge in [0.05, 0.1) is 5.69 Å². The zero-order valence-electron chi connectivity index (χ0n) is 13.3. The predicted molar refractivity (Wildman–Crippen MR) is 89.4 cm³/mol. The summed E-state index contributed by atoms with van der Waals surface area (Å²) in [6.07, 6.45) is 4.66. The van der Waals surface area contributed by atoms with Crippen LogP contribution < -0.4 is 11.1 Å². The summed E-state index contributed by atoms with van der Waals surface area (Å²) in [5.41, 5.74) is 7.27. The number of primary amides is 1. The number of nitrogens with one attached hydrogen (secondary N) is 1. The second kappa shape index (κ2) is 6.13. The maximum Gasteiger partial charge on any atom is 0.241 e. The van der Waals surface area contributed by atoms with E-state index < -0.39 is 12.1 Å². The fraction of sp³-hybridized carbons (Fsp3) is 0.333. The van der Waals surface area contributed by atoms with Gasteiger partial charge < -0.3 is 21.3 Å². The summed E-state index contributed by atoms with van der Waals surface area (Å²) in [7, 11) is 0. The predicted octanol–water partition coefficient (Wildman–Crippen LogP) is 1.62. The number of phenolic OH excluding ortho intramolecular Hbond substituents is 1. The molecule has 3 rings (SSSR count). The summed E-state index contributed by atoms with van der Waals surface area (Å²) in [5.74, 6) is -0.995. The Bertz CT molecular complexity index is 767. The Hall–Kier alpha value is -2.60. The number of hydrogen-bond acceptors (Lipinski definition) is 5. The molecule has 6 nitrogen and oxygen atoms in total. The molecule has 0 bridgehead atoms. The molecule has 24 heavy (non-hydrogen) atoms. The number of fused-ring (bicyclic) bond motifs is 2. The minimum absolute atomic E-state index is 0.0156. The van der Waals surface area contributed by atoms with Gasteiger partial charge in [-0.05, 0) is 30.9 Å². The summed E-state index contributed by atoms with van der Waals surface area (Å²) >= 11 is 0. The minimum atomic E-state index is -0.912. The lowest BCUT2D eigenvalue weighted by molar-refractivity contribution is -0.113. The lowest BCUT2D eigenvalue weighted by Gasteiger charge is -2.30. The first-order valence-electron chi connectivity index (χ1n) is 7.85. The molecule has 0 spiro atoms. The number of aryl methyl sites for hydroxylation is 1. The van der Waals surface area contributed by atoms with Crippen LogP contribution in [0, 0.1) is 18.8 Å². The first kappa shape index (κ1) is 16.3. The van der Waals surface area contributed by atoms with Crippen LogP contribution in [-0.4, -0.2) is 28.1 Å². The highest BCUT2D eigenvalue weighted by molar-refractivity contribution is 6.03. The molecular weight excluding hydrogens is 308 g/mol. The van der Waals surface area contributed by atoms with Crippen molar-refractivity contribution in [2.45, 2.75) is 26.0 Å². The van der Waals surface area contributed by atoms with Gasteiger partial charge in [0.2, 0.25) is 5.91 Å². The van der Waals surface area contributed by atoms with E-state index in [1.807, 2.05) is 6.08 Å². The summed E-state index contributed by atoms with van der Waals surface area (Å²) in [6.45, 7) is 1.74. The van der Waals surface area contributed by atoms with Crippen LogP contribution in [-0.2, 0) is 4.79 Å². The van der Waals surface area contributed by atoms with Crippen molar-refractivity contribution < 1.29 is 19.8 Å². The van der Waals surface area contributed by atoms with Crippen molar-refractivity contribution in [1.82, 2.24) is 0 Å². The third kappa shape index (κ3) is 2.92. The molecule has 0 saturated carbocycles. The number of anilines is 1. The molecule has 1 aromatic rings. The zero-order chi connectivity index (χ0) is 17.4. The molecule has 0 aromatic heterocycles. The van der Waals surface area contributed by atoms with Gasteiger partial charge in [-0.3, -0.25) is 9.59 Å². The molecule has 1 aromatic carbocycles. The number of ketones is 1. The number of Topliss-reactive ketones (excluding diaryl/α,β-unsaturated/α-hetero) is 1. The summed E-state index contributed by atoms with van der Waals surface area (Å²) in [6, 6.07) is 3.35. The molecule has 1 amide bonds. The van der Waals surface area contributed by atoms with Crippen LogP contribution in [0.15, 0.2) is 35.9 Å². The number of nitrogens with two attached hydrogens (primary N) is 1. The molecule has 1 aliphatic heterocycles. The Balaban J connectivity index is 1.93. The van der Waals surface area contributed by atoms with Crippen LogP contribution in [0.2, 0.25) is 0 Å². The van der Waals surface area contributed by atoms with Crippen LogP contribution in [0.4, 0.5) is 5.69 Å². The molecule has 1 heterocycles. The van der Waals surface area contributed by atoms with Gasteiger partial charge in [0, 0.05) is 24.0 Å². The molecule has 6 heteroatoms. The highest BCUT2D eigenvalue weighted by atomic mass is 16.3. The largest absolute Gasteiger partial charge is 0.505 e. The van der Waals surface area contributed by atoms with Crippen molar-refractivity contribution in [3.63, 3.8) is 0 Å². The Labute approximate surface area is 139 Å². The number of aromatic hydroxyl groups is 1. The third-order valence-corrected chi connectivity index (χ3v) is 4.71. The van der Waals surface area contributed by atoms with Gasteiger partial charge in [0.1, 0.15) is 12.0 Å². The summed E-state index contributed by atoms with van der Waals surface area (Å²) in [4.78, 5) is 23.5. The average Bonchev–Trinajstić information content (AvgIpc) is 2.91. The maximum absolute atomic E-state index is 12.6. The number of carbonyl (C=O) groups is 2. The van der Waals surface area contributed by atoms with Gasteiger partial charge in [0.15, 0.2) is 5.78 Å². The monoisotopic (exact) mass is 328 g/mol. The zero-order valence-corrected chi connectivity index (χ0v) is 13.3. The molecule has 2 aliphatic rings. The second-order valence-electron chi connectivity index (χ2n) is 6.38. The van der Waals surface area contributed by atoms with Crippen LogP contribution in [0.1, 0.15) is 28.8 Å². The highest BCUT2D eigenvalue weighted by Gasteiger charge is 2.37. The highest BCUT2D eigenvalue weighted by Crippen LogP contribution is 2.42. The number of hydrogen-bond donors (Lipinski definition) is 4. The van der Waals surface area contributed by atoms with E-state index in [1.165, 1.54) is 6.08 Å². The van der Waals surface area contributed by atoms with E-state index >= 15 is 0 Å². The molecule has 126 valence electrons. The number of carbonyl (C=O) groups excluding carboxylic acids is 2. The maximum atomic E-state index is 12.6. The second-order valence-corrected chi connectivity index (χ2v) is 6.38. The van der Waals surface area contributed by atoms with Crippen molar-refractivity contribution in [3.8, 4) is 5.75 Å². The molecule has 0 saturated heterocycles. The fourth-order valence-electron chi connectivity index (χ4n) is 3.41. The van der Waals surface area contributed by atoms with E-state index in [0.717, 1.165) is 5.57 Å². The topological polar surface area (TPSA) is 113 Å². The van der Waals surface area contributed by atoms with Crippen molar-refractivity contribution in [3.05, 3.63) is 47.1 Å². The van der Waals surface area contributed by atoms with Gasteiger partial charge in [-0.2, -0.15) is 0 Å². The minimum Gasteiger partial charge on any atom is -0.505 e. The molecule has 1 aliphatic carbocycles. The van der Waals surface area contributed by atoms with E-state index in [0.29, 0.717) is 17.5 Å². The lowest BCUT2D eigenvalue weighted by atomic mass is 9.85. The van der Waals surface area contributed by atoms with Crippen LogP contribution in [0.3, 0.4) is 0 Å². The van der Waals surface area contributed by atoms with Crippen LogP contribution in [0.25, 0.3) is 0 Å². The number of benzene rings is 1. The number of phenols is 1. The third-order valence-electron chi connectivity index (χ3n) is 4.71. The number of allylic oxidation sites excluding steroid dienone is 3. The van der Waals surface area contributed by atoms with E-state index in [4.69, 9.17) is 5.73 Å². The number of aliphatic hydroxyl groups excluding tert-OH is 1. The normalized spacial score (nSPS) is 26.2. The molecule has 0 fully saturated rings. The van der Waals surface area contributed by atoms with Crippen LogP contribution in [0.5, 0.6) is 5.75 Å². The molecule has 5 N–H and O–H groups in total. The molecular formula is C18H20N2O4. The fourth-order valence-corrected chi connectivity index (χ4v) is 3.41. The van der Waals surface area contributed by atoms with Crippen molar-refractivity contribution in [2.75, 3.05) is 5.32 Å². The molecule has 3 unspecified atom stereocenters. The number of aliphatic hydroxyl groups is 1. The molecule has 0 radical (unpaired) electrons. The van der Waals surface area contributed by atoms with Crippen molar-refractivity contribution in [2.24, 2.45) is 17.6 Å². The number of amides is 1. The first-order valence-corrected chi connectivity index (χ1v) is 7.85. The Kier molecular flexibility index (Phi) is 4.15. The standard InChI is InChI=1S/C18H20N2O4/c1-9-2-4-12-14(21)8-11-6-10(3-5-15(19)22)7-13(11)18(24)20-16(12)17(9)23/h2-6,11,13,18,20,23-24H,7-8H2,1H3,(H2,19,22)/b5-3+. The average molecular weight is 328 g/mol. The Morgan fingerprint density at radius 2 is 2.12 bits per heavy atom. The van der Waals surface area contributed by atoms with Crippen molar-refractivity contribution >= 4 is 17.4 Å². The van der Waals surface area contributed by atoms with E-state index in [-0.39, 0.29) is 35.5 Å². The molecule has 3 atom stereocenters. The quantitative estimate of drug-likeness (QED) is 0.487. The SMILES string of the molecule is Cc1ccc2c(c1O)NC(O)C1CC(/C=C/C(N)=O)=CC1CC2=O. The summed E-state index contributed by atoms with van der Waals surface area (Å²) in [5, 5.41) is 23.7. The van der Waals surface area contributed by atoms with Gasteiger partial charge in [0.25, 0.3) is 0 Å². The van der Waals surface area contributed by atoms with Gasteiger partial charge in [-0.25, -0.2) is 0 Å². The van der Waals surface area contributed by atoms with Crippen LogP contribution >= 0.6 is 0 Å². The number of rotatable bonds is 2. The van der Waals surface area contributed by atoms with E-state index in [1.54, 1.807) is 25.1 Å². The Morgan fingerprint density at radius 1 is 1.38 bits per heavy atom. The lowest BCUT2D eigenvalue weighted by Crippen LogP contribution is -2.35. The first-order chi connectivity index (χ1) is 11.4. The smallest absolute Gasteiger partial charge is 0.241 e. The van der Waals surface area contributed by atoms with Gasteiger partial charge in [-0.1, -0.05) is 23.8 Å².